The van der Waals surface area contributed by atoms with Crippen LogP contribution in [-0.2, 0) is 61.9 Å². The summed E-state index contributed by atoms with van der Waals surface area (Å²) in [5.74, 6) is 1.96. The molecule has 2 atom stereocenters. The van der Waals surface area contributed by atoms with Crippen LogP contribution in [0.4, 0.5) is 22.7 Å². The van der Waals surface area contributed by atoms with Crippen LogP contribution in [-0.4, -0.2) is 12.1 Å². The Hall–Kier alpha value is -4.26. The van der Waals surface area contributed by atoms with Crippen LogP contribution in [0.25, 0.3) is 0 Å². The molecule has 388 valence electrons. The summed E-state index contributed by atoms with van der Waals surface area (Å²) in [5.41, 5.74) is 14.2. The number of hydrogen-bond donors (Lipinski definition) is 0. The van der Waals surface area contributed by atoms with E-state index in [1.165, 1.54) is 56.1 Å². The number of ether oxygens (including phenoxy) is 2. The maximum atomic E-state index is 6.95. The number of benzene rings is 6. The van der Waals surface area contributed by atoms with E-state index in [2.05, 4.69) is 276 Å². The summed E-state index contributed by atoms with van der Waals surface area (Å²) in [6.07, 6.45) is 4.44. The zero-order chi connectivity index (χ0) is 52.3. The number of anilines is 4. The van der Waals surface area contributed by atoms with Crippen molar-refractivity contribution in [2.45, 2.75) is 169 Å². The van der Waals surface area contributed by atoms with Gasteiger partial charge in [0.25, 0.3) is 0 Å². The van der Waals surface area contributed by atoms with Crippen molar-refractivity contribution in [2.75, 3.05) is 19.6 Å². The fraction of sp³-hybridized carbons (Fsp3) is 0.406. The van der Waals surface area contributed by atoms with Gasteiger partial charge in [0.05, 0.1) is 34.8 Å². The number of rotatable bonds is 12. The monoisotopic (exact) mass is 1200 g/mol. The molecular formula is C64H76Br2N4O2Pd. The SMILES string of the molecule is CC(C)(C)c1cc(CN2[C]N([C@H]3CCCC[C@@H]3N3[C]N(Cc4cc(C(C)(C)C)cc(C(C)(C)C)c4OCc4ccccc4)c4ccccc43)c3ccccc32)c(OCc2ccccc2)c(C(C)(C)C)c1.[Br][Pd][Br]. The molecule has 6 aromatic carbocycles. The molecule has 9 heteroatoms. The van der Waals surface area contributed by atoms with Gasteiger partial charge in [0.1, 0.15) is 24.7 Å². The third-order valence-corrected chi connectivity index (χ3v) is 14.5. The van der Waals surface area contributed by atoms with Gasteiger partial charge < -0.3 is 29.1 Å². The van der Waals surface area contributed by atoms with Crippen molar-refractivity contribution >= 4 is 49.6 Å². The zero-order valence-electron chi connectivity index (χ0n) is 45.2. The van der Waals surface area contributed by atoms with Gasteiger partial charge >= 0.3 is 40.8 Å². The molecule has 0 aromatic heterocycles. The Morgan fingerprint density at radius 3 is 1.12 bits per heavy atom. The van der Waals surface area contributed by atoms with Crippen LogP contribution >= 0.6 is 26.9 Å². The molecule has 1 aliphatic carbocycles. The molecule has 9 rings (SSSR count). The van der Waals surface area contributed by atoms with Gasteiger partial charge in [-0.2, -0.15) is 0 Å². The van der Waals surface area contributed by atoms with Crippen LogP contribution in [0, 0.1) is 13.3 Å². The normalized spacial score (nSPS) is 17.1. The number of nitrogens with zero attached hydrogens (tertiary/aromatic N) is 4. The van der Waals surface area contributed by atoms with Crippen LogP contribution in [0.15, 0.2) is 133 Å². The van der Waals surface area contributed by atoms with Gasteiger partial charge in [0.2, 0.25) is 13.3 Å². The number of hydrogen-bond acceptors (Lipinski definition) is 6. The zero-order valence-corrected chi connectivity index (χ0v) is 49.9. The minimum atomic E-state index is -0.131. The molecule has 0 saturated heterocycles. The van der Waals surface area contributed by atoms with Gasteiger partial charge in [0, 0.05) is 35.3 Å². The van der Waals surface area contributed by atoms with Gasteiger partial charge in [-0.15, -0.1) is 0 Å². The van der Waals surface area contributed by atoms with Crippen LogP contribution < -0.4 is 29.1 Å². The Morgan fingerprint density at radius 2 is 0.795 bits per heavy atom. The van der Waals surface area contributed by atoms with E-state index in [0.717, 1.165) is 48.3 Å². The number of halogens is 2. The Kier molecular flexibility index (Phi) is 17.3. The molecule has 2 aliphatic heterocycles. The van der Waals surface area contributed by atoms with Gasteiger partial charge in [-0.05, 0) is 93.2 Å². The van der Waals surface area contributed by atoms with Gasteiger partial charge in [-0.1, -0.05) is 193 Å². The predicted molar refractivity (Wildman–Crippen MR) is 310 cm³/mol. The third-order valence-electron chi connectivity index (χ3n) is 14.5. The molecule has 0 bridgehead atoms. The molecule has 73 heavy (non-hydrogen) atoms. The van der Waals surface area contributed by atoms with Crippen molar-refractivity contribution in [1.82, 2.24) is 0 Å². The molecule has 0 spiro atoms. The van der Waals surface area contributed by atoms with E-state index in [4.69, 9.17) is 9.47 Å². The van der Waals surface area contributed by atoms with E-state index < -0.39 is 0 Å². The quantitative estimate of drug-likeness (QED) is 0.114. The van der Waals surface area contributed by atoms with E-state index in [-0.39, 0.29) is 33.7 Å². The molecular weight excluding hydrogens is 1120 g/mol. The van der Waals surface area contributed by atoms with Crippen molar-refractivity contribution in [1.29, 1.82) is 0 Å². The molecule has 1 saturated carbocycles. The van der Waals surface area contributed by atoms with Crippen molar-refractivity contribution in [3.8, 4) is 11.5 Å². The van der Waals surface area contributed by atoms with Crippen molar-refractivity contribution in [2.24, 2.45) is 0 Å². The summed E-state index contributed by atoms with van der Waals surface area (Å²) >= 11 is 6.80. The number of para-hydroxylation sites is 4. The first-order valence-electron chi connectivity index (χ1n) is 26.0. The van der Waals surface area contributed by atoms with Crippen molar-refractivity contribution in [3.63, 3.8) is 0 Å². The first kappa shape index (κ1) is 55.0. The minimum absolute atomic E-state index is 0.0433. The summed E-state index contributed by atoms with van der Waals surface area (Å²) in [6, 6.07) is 48.8. The second-order valence-electron chi connectivity index (χ2n) is 24.1. The summed E-state index contributed by atoms with van der Waals surface area (Å²) in [7, 11) is 0. The van der Waals surface area contributed by atoms with Crippen LogP contribution in [0.1, 0.15) is 153 Å². The standard InChI is InChI=1S/C64H76N4O2.2BrH.Pd/c1-61(2,3)49-35-47(59(51(37-49)63(7,8)9)69-41-45-25-15-13-16-26-45)39-65-43-67(55-31-21-19-29-53(55)65)57-33-23-24-34-58(57)68-44-66(54-30-20-22-32-56(54)68)40-48-36-50(62(4,5)6)38-52(64(10,11)12)60(48)70-42-46-27-17-14-18-28-46;;;/h13-22,25-32,35-38,57-58H,23-24,33-34,39-42H2,1-12H3;2*1H;/q;;;+2/p-2/t57-,58-;;;/m0.../s1. The van der Waals surface area contributed by atoms with Gasteiger partial charge in [0.15, 0.2) is 0 Å². The first-order valence-corrected chi connectivity index (χ1v) is 33.1. The average Bonchev–Trinajstić information content (AvgIpc) is 3.90. The van der Waals surface area contributed by atoms with Crippen molar-refractivity contribution < 1.29 is 23.4 Å². The van der Waals surface area contributed by atoms with E-state index in [1.807, 2.05) is 0 Å². The Balaban J connectivity index is 0.00000231. The molecule has 4 radical (unpaired) electrons. The number of fused-ring (bicyclic) bond motifs is 2. The summed E-state index contributed by atoms with van der Waals surface area (Å²) in [5, 5.41) is 0. The fourth-order valence-corrected chi connectivity index (χ4v) is 10.4. The van der Waals surface area contributed by atoms with Gasteiger partial charge in [-0.25, -0.2) is 0 Å². The van der Waals surface area contributed by atoms with E-state index in [9.17, 15) is 0 Å². The molecule has 2 heterocycles. The molecule has 0 amide bonds. The summed E-state index contributed by atoms with van der Waals surface area (Å²) < 4.78 is 13.9. The van der Waals surface area contributed by atoms with E-state index >= 15 is 0 Å². The van der Waals surface area contributed by atoms with Gasteiger partial charge in [-0.3, -0.25) is 0 Å². The molecule has 3 aliphatic rings. The predicted octanol–water partition coefficient (Wildman–Crippen LogP) is 17.4. The summed E-state index contributed by atoms with van der Waals surface area (Å²) in [4.78, 5) is 9.67. The van der Waals surface area contributed by atoms with Crippen LogP contribution in [0.3, 0.4) is 0 Å². The van der Waals surface area contributed by atoms with E-state index in [1.54, 1.807) is 0 Å². The van der Waals surface area contributed by atoms with Crippen molar-refractivity contribution in [3.05, 3.63) is 191 Å². The molecule has 1 fully saturated rings. The summed E-state index contributed by atoms with van der Waals surface area (Å²) in [6.45, 7) is 38.0. The Labute approximate surface area is 460 Å². The first-order chi connectivity index (χ1) is 34.6. The Bertz CT molecular complexity index is 2600. The molecule has 6 aromatic rings. The fourth-order valence-electron chi connectivity index (χ4n) is 10.4. The van der Waals surface area contributed by atoms with Crippen LogP contribution in [0.2, 0.25) is 0 Å². The van der Waals surface area contributed by atoms with E-state index in [0.29, 0.717) is 40.2 Å². The Morgan fingerprint density at radius 1 is 0.466 bits per heavy atom. The second kappa shape index (κ2) is 22.9. The third kappa shape index (κ3) is 12.9. The molecule has 6 nitrogen and oxygen atoms in total. The topological polar surface area (TPSA) is 31.4 Å². The van der Waals surface area contributed by atoms with Crippen LogP contribution in [0.5, 0.6) is 11.5 Å². The molecule has 0 unspecified atom stereocenters. The average molecular weight is 1200 g/mol. The molecule has 0 N–H and O–H groups in total. The second-order valence-corrected chi connectivity index (χ2v) is 31.3. The maximum absolute atomic E-state index is 6.95.